The van der Waals surface area contributed by atoms with Gasteiger partial charge in [-0.05, 0) is 18.2 Å². The van der Waals surface area contributed by atoms with Gasteiger partial charge in [-0.25, -0.2) is 14.8 Å². The molecule has 1 amide bonds. The molecule has 2 heterocycles. The highest BCUT2D eigenvalue weighted by atomic mass is 16.5. The number of nitrogens with one attached hydrogen (secondary N) is 1. The van der Waals surface area contributed by atoms with E-state index < -0.39 is 11.9 Å². The molecule has 0 bridgehead atoms. The second-order valence-corrected chi connectivity index (χ2v) is 3.76. The highest BCUT2D eigenvalue weighted by molar-refractivity contribution is 6.03. The SMILES string of the molecule is COc1ccc(NC(=O)c2cccc(C(=O)O)n2)cn1. The summed E-state index contributed by atoms with van der Waals surface area (Å²) in [4.78, 5) is 30.4. The normalized spacial score (nSPS) is 9.85. The Kier molecular flexibility index (Phi) is 3.90. The number of ether oxygens (including phenoxy) is 1. The quantitative estimate of drug-likeness (QED) is 0.873. The van der Waals surface area contributed by atoms with Crippen LogP contribution in [0, 0.1) is 0 Å². The van der Waals surface area contributed by atoms with E-state index in [4.69, 9.17) is 9.84 Å². The van der Waals surface area contributed by atoms with Crippen molar-refractivity contribution in [2.24, 2.45) is 0 Å². The van der Waals surface area contributed by atoms with Gasteiger partial charge in [0.15, 0.2) is 0 Å². The highest BCUT2D eigenvalue weighted by Gasteiger charge is 2.11. The molecule has 0 aliphatic rings. The molecular formula is C13H11N3O4. The van der Waals surface area contributed by atoms with Crippen molar-refractivity contribution in [3.8, 4) is 5.88 Å². The maximum atomic E-state index is 11.9. The van der Waals surface area contributed by atoms with E-state index in [1.165, 1.54) is 31.5 Å². The Bertz CT molecular complexity index is 640. The summed E-state index contributed by atoms with van der Waals surface area (Å²) in [5.74, 6) is -1.28. The zero-order valence-corrected chi connectivity index (χ0v) is 10.5. The number of carbonyl (C=O) groups excluding carboxylic acids is 1. The molecule has 0 aromatic carbocycles. The maximum absolute atomic E-state index is 11.9. The predicted molar refractivity (Wildman–Crippen MR) is 69.9 cm³/mol. The summed E-state index contributed by atoms with van der Waals surface area (Å²) in [6.07, 6.45) is 1.43. The molecule has 102 valence electrons. The summed E-state index contributed by atoms with van der Waals surface area (Å²) < 4.78 is 4.90. The van der Waals surface area contributed by atoms with Crippen LogP contribution in [0.1, 0.15) is 21.0 Å². The largest absolute Gasteiger partial charge is 0.481 e. The van der Waals surface area contributed by atoms with Crippen LogP contribution in [-0.4, -0.2) is 34.1 Å². The maximum Gasteiger partial charge on any atom is 0.354 e. The van der Waals surface area contributed by atoms with Crippen LogP contribution >= 0.6 is 0 Å². The van der Waals surface area contributed by atoms with Crippen molar-refractivity contribution in [3.63, 3.8) is 0 Å². The molecule has 0 saturated carbocycles. The van der Waals surface area contributed by atoms with E-state index in [-0.39, 0.29) is 11.4 Å². The lowest BCUT2D eigenvalue weighted by Gasteiger charge is -2.05. The lowest BCUT2D eigenvalue weighted by Crippen LogP contribution is -2.15. The third-order valence-corrected chi connectivity index (χ3v) is 2.40. The number of carboxylic acids is 1. The number of hydrogen-bond donors (Lipinski definition) is 2. The summed E-state index contributed by atoms with van der Waals surface area (Å²) in [7, 11) is 1.49. The van der Waals surface area contributed by atoms with Gasteiger partial charge in [0.25, 0.3) is 5.91 Å². The van der Waals surface area contributed by atoms with Gasteiger partial charge in [-0.3, -0.25) is 4.79 Å². The fourth-order valence-electron chi connectivity index (χ4n) is 1.45. The number of pyridine rings is 2. The molecule has 7 heteroatoms. The molecule has 7 nitrogen and oxygen atoms in total. The summed E-state index contributed by atoms with van der Waals surface area (Å²) in [5, 5.41) is 11.4. The van der Waals surface area contributed by atoms with Gasteiger partial charge in [0.2, 0.25) is 5.88 Å². The zero-order valence-electron chi connectivity index (χ0n) is 10.5. The first-order valence-electron chi connectivity index (χ1n) is 5.62. The molecular weight excluding hydrogens is 262 g/mol. The first-order chi connectivity index (χ1) is 9.60. The summed E-state index contributed by atoms with van der Waals surface area (Å²) in [6.45, 7) is 0. The molecule has 0 aliphatic heterocycles. The van der Waals surface area contributed by atoms with Gasteiger partial charge >= 0.3 is 5.97 Å². The number of carbonyl (C=O) groups is 2. The number of aromatic carboxylic acids is 1. The molecule has 20 heavy (non-hydrogen) atoms. The average molecular weight is 273 g/mol. The summed E-state index contributed by atoms with van der Waals surface area (Å²) in [6, 6.07) is 7.41. The Balaban J connectivity index is 2.14. The number of methoxy groups -OCH3 is 1. The first kappa shape index (κ1) is 13.5. The molecule has 0 fully saturated rings. The molecule has 2 aromatic rings. The van der Waals surface area contributed by atoms with E-state index >= 15 is 0 Å². The fraction of sp³-hybridized carbons (Fsp3) is 0.0769. The van der Waals surface area contributed by atoms with Gasteiger partial charge < -0.3 is 15.2 Å². The monoisotopic (exact) mass is 273 g/mol. The fourth-order valence-corrected chi connectivity index (χ4v) is 1.45. The van der Waals surface area contributed by atoms with Crippen molar-refractivity contribution in [3.05, 3.63) is 47.9 Å². The van der Waals surface area contributed by atoms with Crippen molar-refractivity contribution in [1.29, 1.82) is 0 Å². The Hall–Kier alpha value is -2.96. The van der Waals surface area contributed by atoms with Crippen molar-refractivity contribution >= 4 is 17.6 Å². The molecule has 0 saturated heterocycles. The minimum atomic E-state index is -1.19. The molecule has 0 spiro atoms. The number of anilines is 1. The van der Waals surface area contributed by atoms with Crippen molar-refractivity contribution in [2.75, 3.05) is 12.4 Å². The van der Waals surface area contributed by atoms with Gasteiger partial charge in [0, 0.05) is 6.07 Å². The van der Waals surface area contributed by atoms with E-state index in [1.54, 1.807) is 12.1 Å². The van der Waals surface area contributed by atoms with Crippen molar-refractivity contribution < 1.29 is 19.4 Å². The average Bonchev–Trinajstić information content (AvgIpc) is 2.48. The number of carboxylic acid groups (broad SMARTS) is 1. The molecule has 0 atom stereocenters. The molecule has 0 radical (unpaired) electrons. The second kappa shape index (κ2) is 5.79. The third kappa shape index (κ3) is 3.08. The number of amides is 1. The van der Waals surface area contributed by atoms with Crippen LogP contribution in [0.2, 0.25) is 0 Å². The lowest BCUT2D eigenvalue weighted by atomic mass is 10.3. The molecule has 2 N–H and O–H groups in total. The zero-order chi connectivity index (χ0) is 14.5. The van der Waals surface area contributed by atoms with E-state index in [9.17, 15) is 9.59 Å². The molecule has 2 aromatic heterocycles. The van der Waals surface area contributed by atoms with E-state index in [0.29, 0.717) is 11.6 Å². The Labute approximate surface area is 114 Å². The highest BCUT2D eigenvalue weighted by Crippen LogP contribution is 2.12. The third-order valence-electron chi connectivity index (χ3n) is 2.40. The first-order valence-corrected chi connectivity index (χ1v) is 5.62. The Morgan fingerprint density at radius 2 is 1.95 bits per heavy atom. The topological polar surface area (TPSA) is 101 Å². The second-order valence-electron chi connectivity index (χ2n) is 3.76. The summed E-state index contributed by atoms with van der Waals surface area (Å²) in [5.41, 5.74) is 0.282. The van der Waals surface area contributed by atoms with Crippen LogP contribution in [0.15, 0.2) is 36.5 Å². The van der Waals surface area contributed by atoms with E-state index in [1.807, 2.05) is 0 Å². The summed E-state index contributed by atoms with van der Waals surface area (Å²) >= 11 is 0. The number of rotatable bonds is 4. The van der Waals surface area contributed by atoms with Crippen LogP contribution in [0.4, 0.5) is 5.69 Å². The number of hydrogen-bond acceptors (Lipinski definition) is 5. The predicted octanol–water partition coefficient (Wildman–Crippen LogP) is 1.44. The minimum Gasteiger partial charge on any atom is -0.481 e. The van der Waals surface area contributed by atoms with E-state index in [0.717, 1.165) is 0 Å². The van der Waals surface area contributed by atoms with Crippen LogP contribution in [0.3, 0.4) is 0 Å². The van der Waals surface area contributed by atoms with Gasteiger partial charge in [-0.15, -0.1) is 0 Å². The van der Waals surface area contributed by atoms with Crippen LogP contribution < -0.4 is 10.1 Å². The molecule has 0 unspecified atom stereocenters. The van der Waals surface area contributed by atoms with Gasteiger partial charge in [-0.2, -0.15) is 0 Å². The van der Waals surface area contributed by atoms with Crippen molar-refractivity contribution in [2.45, 2.75) is 0 Å². The Morgan fingerprint density at radius 3 is 2.55 bits per heavy atom. The molecule has 2 rings (SSSR count). The van der Waals surface area contributed by atoms with Crippen LogP contribution in [0.25, 0.3) is 0 Å². The lowest BCUT2D eigenvalue weighted by molar-refractivity contribution is 0.0690. The van der Waals surface area contributed by atoms with Crippen LogP contribution in [-0.2, 0) is 0 Å². The van der Waals surface area contributed by atoms with Crippen molar-refractivity contribution in [1.82, 2.24) is 9.97 Å². The van der Waals surface area contributed by atoms with Gasteiger partial charge in [0.05, 0.1) is 19.0 Å². The van der Waals surface area contributed by atoms with Crippen LogP contribution in [0.5, 0.6) is 5.88 Å². The van der Waals surface area contributed by atoms with Gasteiger partial charge in [-0.1, -0.05) is 6.07 Å². The number of aromatic nitrogens is 2. The Morgan fingerprint density at radius 1 is 1.20 bits per heavy atom. The van der Waals surface area contributed by atoms with E-state index in [2.05, 4.69) is 15.3 Å². The molecule has 0 aliphatic carbocycles. The van der Waals surface area contributed by atoms with Gasteiger partial charge in [0.1, 0.15) is 11.4 Å². The smallest absolute Gasteiger partial charge is 0.354 e. The standard InChI is InChI=1S/C13H11N3O4/c1-20-11-6-5-8(7-14-11)15-12(17)9-3-2-4-10(16-9)13(18)19/h2-7H,1H3,(H,15,17)(H,18,19). The minimum absolute atomic E-state index is 0.0146. The number of nitrogens with zero attached hydrogens (tertiary/aromatic N) is 2.